The molecule has 0 saturated heterocycles. The molecule has 0 fully saturated rings. The van der Waals surface area contributed by atoms with E-state index >= 15 is 0 Å². The van der Waals surface area contributed by atoms with Crippen LogP contribution in [0, 0.1) is 5.82 Å². The summed E-state index contributed by atoms with van der Waals surface area (Å²) in [4.78, 5) is 11.5. The van der Waals surface area contributed by atoms with Gasteiger partial charge in [-0.05, 0) is 31.0 Å². The van der Waals surface area contributed by atoms with Gasteiger partial charge in [-0.15, -0.1) is 0 Å². The number of benzene rings is 1. The molecule has 0 aromatic heterocycles. The van der Waals surface area contributed by atoms with Crippen LogP contribution in [0.1, 0.15) is 32.3 Å². The van der Waals surface area contributed by atoms with Crippen LogP contribution in [-0.2, 0) is 11.3 Å². The molecule has 0 aliphatic rings. The molecule has 0 bridgehead atoms. The molecule has 1 rings (SSSR count). The van der Waals surface area contributed by atoms with Gasteiger partial charge in [0.25, 0.3) is 0 Å². The van der Waals surface area contributed by atoms with Crippen LogP contribution >= 0.6 is 15.9 Å². The third kappa shape index (κ3) is 6.16. The van der Waals surface area contributed by atoms with Crippen molar-refractivity contribution >= 4 is 21.8 Å². The summed E-state index contributed by atoms with van der Waals surface area (Å²) in [6, 6.07) is 4.81. The number of hydrogen-bond donors (Lipinski definition) is 2. The Morgan fingerprint density at radius 3 is 2.84 bits per heavy atom. The first-order chi connectivity index (χ1) is 9.02. The van der Waals surface area contributed by atoms with E-state index in [-0.39, 0.29) is 17.8 Å². The van der Waals surface area contributed by atoms with Crippen molar-refractivity contribution in [1.29, 1.82) is 0 Å². The van der Waals surface area contributed by atoms with E-state index in [1.165, 1.54) is 12.1 Å². The minimum Gasteiger partial charge on any atom is -0.354 e. The number of rotatable bonds is 7. The average molecular weight is 331 g/mol. The molecular weight excluding hydrogens is 311 g/mol. The summed E-state index contributed by atoms with van der Waals surface area (Å²) in [5.74, 6) is -0.205. The van der Waals surface area contributed by atoms with E-state index in [9.17, 15) is 9.18 Å². The fourth-order valence-electron chi connectivity index (χ4n) is 1.54. The highest BCUT2D eigenvalue weighted by Crippen LogP contribution is 2.17. The minimum atomic E-state index is -0.261. The zero-order valence-electron chi connectivity index (χ0n) is 11.3. The second-order valence-electron chi connectivity index (χ2n) is 4.54. The smallest absolute Gasteiger partial charge is 0.221 e. The SMILES string of the molecule is CCC(C)NC(=O)CCNCc1ccc(F)cc1Br. The van der Waals surface area contributed by atoms with Gasteiger partial charge in [-0.3, -0.25) is 4.79 Å². The number of amides is 1. The lowest BCUT2D eigenvalue weighted by atomic mass is 10.2. The Morgan fingerprint density at radius 1 is 1.47 bits per heavy atom. The van der Waals surface area contributed by atoms with E-state index in [2.05, 4.69) is 26.6 Å². The highest BCUT2D eigenvalue weighted by Gasteiger charge is 2.05. The zero-order valence-corrected chi connectivity index (χ0v) is 12.9. The topological polar surface area (TPSA) is 41.1 Å². The number of halogens is 2. The van der Waals surface area contributed by atoms with Crippen molar-refractivity contribution in [2.45, 2.75) is 39.3 Å². The number of carbonyl (C=O) groups is 1. The molecular formula is C14H20BrFN2O. The summed E-state index contributed by atoms with van der Waals surface area (Å²) >= 11 is 3.31. The Bertz CT molecular complexity index is 426. The molecule has 3 nitrogen and oxygen atoms in total. The Morgan fingerprint density at radius 2 is 2.21 bits per heavy atom. The van der Waals surface area contributed by atoms with Crippen LogP contribution in [0.4, 0.5) is 4.39 Å². The first kappa shape index (κ1) is 16.1. The molecule has 19 heavy (non-hydrogen) atoms. The molecule has 0 spiro atoms. The first-order valence-electron chi connectivity index (χ1n) is 6.47. The molecule has 1 amide bonds. The Balaban J connectivity index is 2.25. The summed E-state index contributed by atoms with van der Waals surface area (Å²) in [7, 11) is 0. The van der Waals surface area contributed by atoms with Crippen LogP contribution < -0.4 is 10.6 Å². The molecule has 1 aromatic rings. The number of nitrogens with one attached hydrogen (secondary N) is 2. The fourth-order valence-corrected chi connectivity index (χ4v) is 2.03. The molecule has 0 saturated carbocycles. The summed E-state index contributed by atoms with van der Waals surface area (Å²) < 4.78 is 13.6. The van der Waals surface area contributed by atoms with E-state index in [1.54, 1.807) is 6.07 Å². The van der Waals surface area contributed by atoms with Crippen LogP contribution in [0.5, 0.6) is 0 Å². The largest absolute Gasteiger partial charge is 0.354 e. The van der Waals surface area contributed by atoms with Crippen molar-refractivity contribution in [2.24, 2.45) is 0 Å². The van der Waals surface area contributed by atoms with Gasteiger partial charge in [0.15, 0.2) is 0 Å². The average Bonchev–Trinajstić information content (AvgIpc) is 2.36. The lowest BCUT2D eigenvalue weighted by molar-refractivity contribution is -0.121. The highest BCUT2D eigenvalue weighted by atomic mass is 79.9. The number of carbonyl (C=O) groups excluding carboxylic acids is 1. The predicted molar refractivity (Wildman–Crippen MR) is 78.3 cm³/mol. The maximum Gasteiger partial charge on any atom is 0.221 e. The van der Waals surface area contributed by atoms with Gasteiger partial charge >= 0.3 is 0 Å². The molecule has 0 radical (unpaired) electrons. The van der Waals surface area contributed by atoms with Gasteiger partial charge in [0.2, 0.25) is 5.91 Å². The Hall–Kier alpha value is -0.940. The molecule has 0 aliphatic heterocycles. The summed E-state index contributed by atoms with van der Waals surface area (Å²) in [6.07, 6.45) is 1.38. The van der Waals surface area contributed by atoms with E-state index in [1.807, 2.05) is 13.8 Å². The van der Waals surface area contributed by atoms with Gasteiger partial charge in [0.05, 0.1) is 0 Å². The van der Waals surface area contributed by atoms with Crippen LogP contribution in [0.2, 0.25) is 0 Å². The van der Waals surface area contributed by atoms with Crippen molar-refractivity contribution in [1.82, 2.24) is 10.6 Å². The Labute approximate surface area is 122 Å². The van der Waals surface area contributed by atoms with Crippen molar-refractivity contribution < 1.29 is 9.18 Å². The minimum absolute atomic E-state index is 0.0556. The zero-order chi connectivity index (χ0) is 14.3. The van der Waals surface area contributed by atoms with E-state index in [0.717, 1.165) is 16.5 Å². The lowest BCUT2D eigenvalue weighted by Gasteiger charge is -2.11. The summed E-state index contributed by atoms with van der Waals surface area (Å²) in [6.45, 7) is 5.24. The van der Waals surface area contributed by atoms with Crippen LogP contribution in [-0.4, -0.2) is 18.5 Å². The quantitative estimate of drug-likeness (QED) is 0.754. The maximum absolute atomic E-state index is 12.9. The van der Waals surface area contributed by atoms with Crippen molar-refractivity contribution in [2.75, 3.05) is 6.54 Å². The van der Waals surface area contributed by atoms with Gasteiger partial charge in [-0.1, -0.05) is 28.9 Å². The lowest BCUT2D eigenvalue weighted by Crippen LogP contribution is -2.33. The van der Waals surface area contributed by atoms with Crippen LogP contribution in [0.25, 0.3) is 0 Å². The predicted octanol–water partition coefficient (Wildman–Crippen LogP) is 2.98. The van der Waals surface area contributed by atoms with E-state index in [0.29, 0.717) is 19.5 Å². The van der Waals surface area contributed by atoms with Crippen molar-refractivity contribution in [3.63, 3.8) is 0 Å². The molecule has 106 valence electrons. The first-order valence-corrected chi connectivity index (χ1v) is 7.26. The monoisotopic (exact) mass is 330 g/mol. The molecule has 2 N–H and O–H groups in total. The highest BCUT2D eigenvalue weighted by molar-refractivity contribution is 9.10. The van der Waals surface area contributed by atoms with Crippen LogP contribution in [0.15, 0.2) is 22.7 Å². The van der Waals surface area contributed by atoms with Gasteiger partial charge in [0.1, 0.15) is 5.82 Å². The van der Waals surface area contributed by atoms with Gasteiger partial charge in [-0.25, -0.2) is 4.39 Å². The fraction of sp³-hybridized carbons (Fsp3) is 0.500. The molecule has 0 heterocycles. The second kappa shape index (κ2) is 8.27. The van der Waals surface area contributed by atoms with E-state index < -0.39 is 0 Å². The van der Waals surface area contributed by atoms with Gasteiger partial charge < -0.3 is 10.6 Å². The maximum atomic E-state index is 12.9. The standard InChI is InChI=1S/C14H20BrFN2O/c1-3-10(2)18-14(19)6-7-17-9-11-4-5-12(16)8-13(11)15/h4-5,8,10,17H,3,6-7,9H2,1-2H3,(H,18,19). The third-order valence-electron chi connectivity index (χ3n) is 2.88. The molecule has 1 atom stereocenters. The molecule has 5 heteroatoms. The van der Waals surface area contributed by atoms with Gasteiger partial charge in [0, 0.05) is 30.0 Å². The van der Waals surface area contributed by atoms with Crippen LogP contribution in [0.3, 0.4) is 0 Å². The number of hydrogen-bond acceptors (Lipinski definition) is 2. The molecule has 1 aromatic carbocycles. The van der Waals surface area contributed by atoms with Crippen molar-refractivity contribution in [3.8, 4) is 0 Å². The molecule has 0 aliphatic carbocycles. The molecule has 1 unspecified atom stereocenters. The van der Waals surface area contributed by atoms with Gasteiger partial charge in [-0.2, -0.15) is 0 Å². The van der Waals surface area contributed by atoms with Crippen molar-refractivity contribution in [3.05, 3.63) is 34.1 Å². The van der Waals surface area contributed by atoms with E-state index in [4.69, 9.17) is 0 Å². The second-order valence-corrected chi connectivity index (χ2v) is 5.39. The third-order valence-corrected chi connectivity index (χ3v) is 3.62. The summed E-state index contributed by atoms with van der Waals surface area (Å²) in [5.41, 5.74) is 0.976. The summed E-state index contributed by atoms with van der Waals surface area (Å²) in [5, 5.41) is 6.08. The Kier molecular flexibility index (Phi) is 7.02. The normalized spacial score (nSPS) is 12.2.